The Hall–Kier alpha value is -2.52. The van der Waals surface area contributed by atoms with Gasteiger partial charge in [0.15, 0.2) is 0 Å². The van der Waals surface area contributed by atoms with Crippen LogP contribution in [0.4, 0.5) is 18.9 Å². The molecule has 1 aliphatic heterocycles. The van der Waals surface area contributed by atoms with Gasteiger partial charge in [0.25, 0.3) is 0 Å². The van der Waals surface area contributed by atoms with Gasteiger partial charge in [-0.15, -0.1) is 0 Å². The van der Waals surface area contributed by atoms with E-state index in [9.17, 15) is 18.4 Å². The number of anilines is 1. The third-order valence-electron chi connectivity index (χ3n) is 5.28. The largest absolute Gasteiger partial charge is 0.416 e. The predicted octanol–water partition coefficient (Wildman–Crippen LogP) is 4.26. The fraction of sp³-hybridized carbons (Fsp3) is 0.350. The van der Waals surface area contributed by atoms with Gasteiger partial charge >= 0.3 is 6.18 Å². The summed E-state index contributed by atoms with van der Waals surface area (Å²) in [5.41, 5.74) is 1.73. The van der Waals surface area contributed by atoms with E-state index in [-0.39, 0.29) is 5.56 Å². The topological polar surface area (TPSA) is 36.3 Å². The zero-order chi connectivity index (χ0) is 18.4. The molecule has 0 amide bonds. The maximum Gasteiger partial charge on any atom is 0.416 e. The molecule has 0 aromatic heterocycles. The molecule has 1 saturated heterocycles. The van der Waals surface area contributed by atoms with E-state index in [1.165, 1.54) is 11.6 Å². The number of hydrogen-bond donors (Lipinski definition) is 0. The zero-order valence-electron chi connectivity index (χ0n) is 14.0. The summed E-state index contributed by atoms with van der Waals surface area (Å²) in [7, 11) is 0. The van der Waals surface area contributed by atoms with Crippen molar-refractivity contribution in [2.45, 2.75) is 24.6 Å². The van der Waals surface area contributed by atoms with E-state index in [2.05, 4.69) is 12.1 Å². The first kappa shape index (κ1) is 16.9. The first-order valence-electron chi connectivity index (χ1n) is 8.52. The Bertz CT molecular complexity index is 883. The third-order valence-corrected chi connectivity index (χ3v) is 5.28. The normalized spacial score (nSPS) is 22.3. The minimum Gasteiger partial charge on any atom is -0.367 e. The number of hydrogen-bond acceptors (Lipinski definition) is 3. The van der Waals surface area contributed by atoms with E-state index in [4.69, 9.17) is 4.74 Å². The number of benzene rings is 2. The summed E-state index contributed by atoms with van der Waals surface area (Å²) >= 11 is 0. The van der Waals surface area contributed by atoms with Crippen LogP contribution in [0.5, 0.6) is 0 Å². The number of ether oxygens (including phenoxy) is 1. The molecule has 0 radical (unpaired) electrons. The highest BCUT2D eigenvalue weighted by atomic mass is 19.4. The van der Waals surface area contributed by atoms with E-state index in [0.29, 0.717) is 25.4 Å². The fourth-order valence-corrected chi connectivity index (χ4v) is 4.04. The summed E-state index contributed by atoms with van der Waals surface area (Å²) in [4.78, 5) is 1.98. The van der Waals surface area contributed by atoms with Crippen LogP contribution in [0.1, 0.15) is 28.7 Å². The molecule has 1 atom stereocenters. The molecule has 2 aromatic carbocycles. The van der Waals surface area contributed by atoms with Gasteiger partial charge in [0.2, 0.25) is 0 Å². The van der Waals surface area contributed by atoms with Crippen LogP contribution in [0.3, 0.4) is 0 Å². The summed E-state index contributed by atoms with van der Waals surface area (Å²) < 4.78 is 45.0. The summed E-state index contributed by atoms with van der Waals surface area (Å²) in [6, 6.07) is 13.4. The van der Waals surface area contributed by atoms with Gasteiger partial charge in [-0.2, -0.15) is 18.4 Å². The molecule has 3 nitrogen and oxygen atoms in total. The van der Waals surface area contributed by atoms with Crippen LogP contribution in [0, 0.1) is 11.3 Å². The molecule has 6 heteroatoms. The molecule has 4 rings (SSSR count). The average molecular weight is 358 g/mol. The number of morpholine rings is 1. The summed E-state index contributed by atoms with van der Waals surface area (Å²) in [5.74, 6) is 0. The highest BCUT2D eigenvalue weighted by Crippen LogP contribution is 2.43. The second-order valence-electron chi connectivity index (χ2n) is 6.76. The molecular formula is C20H17F3N2O. The molecule has 2 aromatic rings. The quantitative estimate of drug-likeness (QED) is 0.764. The highest BCUT2D eigenvalue weighted by molar-refractivity contribution is 5.61. The molecule has 26 heavy (non-hydrogen) atoms. The molecule has 1 spiro atoms. The van der Waals surface area contributed by atoms with Crippen LogP contribution in [-0.2, 0) is 22.9 Å². The van der Waals surface area contributed by atoms with Crippen LogP contribution >= 0.6 is 0 Å². The van der Waals surface area contributed by atoms with Gasteiger partial charge in [-0.1, -0.05) is 24.3 Å². The van der Waals surface area contributed by atoms with Crippen LogP contribution < -0.4 is 4.90 Å². The molecule has 1 heterocycles. The van der Waals surface area contributed by atoms with E-state index in [1.807, 2.05) is 23.1 Å². The van der Waals surface area contributed by atoms with Crippen molar-refractivity contribution >= 4 is 5.69 Å². The van der Waals surface area contributed by atoms with E-state index >= 15 is 0 Å². The molecule has 134 valence electrons. The highest BCUT2D eigenvalue weighted by Gasteiger charge is 2.43. The molecule has 0 N–H and O–H groups in total. The molecule has 1 unspecified atom stereocenters. The Balaban J connectivity index is 1.69. The first-order chi connectivity index (χ1) is 12.4. The SMILES string of the molecule is N#Cc1cc(C(F)(F)F)ccc1N1CCOC2(CCc3ccccc32)C1. The summed E-state index contributed by atoms with van der Waals surface area (Å²) in [5, 5.41) is 9.38. The third kappa shape index (κ3) is 2.73. The van der Waals surface area contributed by atoms with Crippen molar-refractivity contribution in [3.8, 4) is 6.07 Å². The molecule has 1 aliphatic carbocycles. The maximum absolute atomic E-state index is 12.9. The fourth-order valence-electron chi connectivity index (χ4n) is 4.04. The molecule has 1 fully saturated rings. The standard InChI is InChI=1S/C20H17F3N2O/c21-20(22,23)16-5-6-18(15(11-16)12-24)25-9-10-26-19(13-25)8-7-14-3-1-2-4-17(14)19/h1-6,11H,7-10,13H2. The van der Waals surface area contributed by atoms with Gasteiger partial charge in [0, 0.05) is 6.54 Å². The van der Waals surface area contributed by atoms with Gasteiger partial charge in [-0.05, 0) is 42.2 Å². The van der Waals surface area contributed by atoms with Crippen LogP contribution in [0.15, 0.2) is 42.5 Å². The van der Waals surface area contributed by atoms with Crippen molar-refractivity contribution in [3.05, 3.63) is 64.7 Å². The van der Waals surface area contributed by atoms with Crippen LogP contribution in [-0.4, -0.2) is 19.7 Å². The predicted molar refractivity (Wildman–Crippen MR) is 90.8 cm³/mol. The lowest BCUT2D eigenvalue weighted by Crippen LogP contribution is -2.49. The lowest BCUT2D eigenvalue weighted by Gasteiger charge is -2.42. The Labute approximate surface area is 149 Å². The number of alkyl halides is 3. The molecule has 2 aliphatic rings. The lowest BCUT2D eigenvalue weighted by atomic mass is 9.93. The second-order valence-corrected chi connectivity index (χ2v) is 6.76. The number of nitriles is 1. The van der Waals surface area contributed by atoms with Gasteiger partial charge in [-0.3, -0.25) is 0 Å². The zero-order valence-corrected chi connectivity index (χ0v) is 14.0. The smallest absolute Gasteiger partial charge is 0.367 e. The number of fused-ring (bicyclic) bond motifs is 2. The molecule has 0 saturated carbocycles. The summed E-state index contributed by atoms with van der Waals surface area (Å²) in [6.07, 6.45) is -2.70. The molecule has 0 bridgehead atoms. The Morgan fingerprint density at radius 2 is 1.96 bits per heavy atom. The number of halogens is 3. The van der Waals surface area contributed by atoms with Gasteiger partial charge in [0.1, 0.15) is 11.7 Å². The van der Waals surface area contributed by atoms with E-state index in [0.717, 1.165) is 30.5 Å². The van der Waals surface area contributed by atoms with Crippen LogP contribution in [0.25, 0.3) is 0 Å². The first-order valence-corrected chi connectivity index (χ1v) is 8.52. The van der Waals surface area contributed by atoms with E-state index < -0.39 is 17.3 Å². The number of rotatable bonds is 1. The van der Waals surface area contributed by atoms with Crippen LogP contribution in [0.2, 0.25) is 0 Å². The van der Waals surface area contributed by atoms with Crippen molar-refractivity contribution < 1.29 is 17.9 Å². The Kier molecular flexibility index (Phi) is 3.92. The van der Waals surface area contributed by atoms with Gasteiger partial charge < -0.3 is 9.64 Å². The second kappa shape index (κ2) is 6.03. The maximum atomic E-state index is 12.9. The van der Waals surface area contributed by atoms with Gasteiger partial charge in [0.05, 0.1) is 30.0 Å². The Morgan fingerprint density at radius 3 is 2.73 bits per heavy atom. The number of nitrogens with zero attached hydrogens (tertiary/aromatic N) is 2. The van der Waals surface area contributed by atoms with Crippen molar-refractivity contribution in [2.24, 2.45) is 0 Å². The van der Waals surface area contributed by atoms with E-state index in [1.54, 1.807) is 0 Å². The minimum atomic E-state index is -4.46. The lowest BCUT2D eigenvalue weighted by molar-refractivity contribution is -0.137. The minimum absolute atomic E-state index is 0.0446. The Morgan fingerprint density at radius 1 is 1.15 bits per heavy atom. The van der Waals surface area contributed by atoms with Gasteiger partial charge in [-0.25, -0.2) is 0 Å². The van der Waals surface area contributed by atoms with Crippen molar-refractivity contribution in [2.75, 3.05) is 24.6 Å². The summed E-state index contributed by atoms with van der Waals surface area (Å²) in [6.45, 7) is 1.55. The van der Waals surface area contributed by atoms with Crippen molar-refractivity contribution in [1.29, 1.82) is 5.26 Å². The monoisotopic (exact) mass is 358 g/mol. The van der Waals surface area contributed by atoms with Crippen molar-refractivity contribution in [1.82, 2.24) is 0 Å². The molecular weight excluding hydrogens is 341 g/mol. The van der Waals surface area contributed by atoms with Crippen molar-refractivity contribution in [3.63, 3.8) is 0 Å². The average Bonchev–Trinajstić information content (AvgIpc) is 2.99. The number of aryl methyl sites for hydroxylation is 1.